The maximum absolute atomic E-state index is 10.0. The fourth-order valence-corrected chi connectivity index (χ4v) is 3.67. The number of nitrogens with zero attached hydrogens (tertiary/aromatic N) is 1. The molecule has 7 nitrogen and oxygen atoms in total. The Labute approximate surface area is 224 Å². The van der Waals surface area contributed by atoms with Gasteiger partial charge in [0.15, 0.2) is 11.5 Å². The summed E-state index contributed by atoms with van der Waals surface area (Å²) in [6.45, 7) is 0.328. The number of nitrogen functional groups attached to an aromatic ring is 2. The minimum absolute atomic E-state index is 0.223. The van der Waals surface area contributed by atoms with E-state index in [4.69, 9.17) is 39.4 Å². The number of phenolic OH excluding ortho intramolecular Hbond substituents is 1. The van der Waals surface area contributed by atoms with Crippen molar-refractivity contribution in [1.29, 1.82) is 0 Å². The van der Waals surface area contributed by atoms with Gasteiger partial charge in [0, 0.05) is 28.1 Å². The molecular weight excluding hydrogens is 513 g/mol. The first-order valence-corrected chi connectivity index (χ1v) is 11.8. The van der Waals surface area contributed by atoms with Crippen LogP contribution in [0.5, 0.6) is 17.2 Å². The second kappa shape index (κ2) is 13.2. The molecule has 37 heavy (non-hydrogen) atoms. The molecule has 1 aliphatic rings. The quantitative estimate of drug-likeness (QED) is 0.203. The van der Waals surface area contributed by atoms with E-state index in [1.165, 1.54) is 18.7 Å². The smallest absolute Gasteiger partial charge is 0.298 e. The van der Waals surface area contributed by atoms with Crippen molar-refractivity contribution < 1.29 is 19.4 Å². The molecule has 0 unspecified atom stereocenters. The summed E-state index contributed by atoms with van der Waals surface area (Å²) in [5, 5.41) is 10.9. The Morgan fingerprint density at radius 1 is 0.865 bits per heavy atom. The zero-order valence-corrected chi connectivity index (χ0v) is 21.4. The molecule has 5 rings (SSSR count). The molecule has 0 aliphatic carbocycles. The van der Waals surface area contributed by atoms with Crippen LogP contribution in [0.3, 0.4) is 0 Å². The summed E-state index contributed by atoms with van der Waals surface area (Å²) in [6.07, 6.45) is 0.740. The number of fused-ring (bicyclic) bond motifs is 1. The number of carbonyl (C=O) groups excluding carboxylic acids is 1. The molecule has 0 atom stereocenters. The zero-order valence-electron chi connectivity index (χ0n) is 19.9. The molecule has 0 fully saturated rings. The lowest BCUT2D eigenvalue weighted by molar-refractivity contribution is -0.120. The van der Waals surface area contributed by atoms with E-state index in [0.717, 1.165) is 17.8 Å². The summed E-state index contributed by atoms with van der Waals surface area (Å²) < 4.78 is 9.53. The molecule has 0 spiro atoms. The van der Waals surface area contributed by atoms with E-state index in [0.29, 0.717) is 45.0 Å². The van der Waals surface area contributed by atoms with Gasteiger partial charge in [0.05, 0.1) is 29.9 Å². The van der Waals surface area contributed by atoms with Gasteiger partial charge < -0.3 is 26.0 Å². The normalized spacial score (nSPS) is 11.1. The van der Waals surface area contributed by atoms with Crippen LogP contribution in [0.4, 0.5) is 17.1 Å². The van der Waals surface area contributed by atoms with E-state index < -0.39 is 0 Å². The molecule has 1 heterocycles. The van der Waals surface area contributed by atoms with Crippen molar-refractivity contribution in [3.63, 3.8) is 0 Å². The van der Waals surface area contributed by atoms with Crippen LogP contribution in [-0.4, -0.2) is 24.4 Å². The number of rotatable bonds is 4. The Balaban J connectivity index is 0.000000166. The predicted molar refractivity (Wildman–Crippen MR) is 149 cm³/mol. The molecule has 0 saturated heterocycles. The van der Waals surface area contributed by atoms with Crippen LogP contribution in [0.15, 0.2) is 89.9 Å². The fraction of sp³-hybridized carbons (Fsp3) is 0.0714. The lowest BCUT2D eigenvalue weighted by Gasteiger charge is -2.05. The summed E-state index contributed by atoms with van der Waals surface area (Å²) >= 11 is 11.6. The van der Waals surface area contributed by atoms with Crippen LogP contribution in [0.25, 0.3) is 0 Å². The monoisotopic (exact) mass is 537 g/mol. The molecular formula is C28H25Cl2N3O4. The number of benzene rings is 4. The minimum Gasteiger partial charge on any atom is -0.507 e. The lowest BCUT2D eigenvalue weighted by atomic mass is 10.0. The zero-order chi connectivity index (χ0) is 26.8. The highest BCUT2D eigenvalue weighted by molar-refractivity contribution is 6.31. The number of hydrogen-bond acceptors (Lipinski definition) is 7. The van der Waals surface area contributed by atoms with E-state index in [9.17, 15) is 9.90 Å². The highest BCUT2D eigenvalue weighted by Crippen LogP contribution is 2.32. The van der Waals surface area contributed by atoms with Crippen molar-refractivity contribution in [2.24, 2.45) is 4.99 Å². The van der Waals surface area contributed by atoms with Crippen LogP contribution in [0, 0.1) is 0 Å². The van der Waals surface area contributed by atoms with Crippen LogP contribution >= 0.6 is 23.2 Å². The Hall–Kier alpha value is -4.20. The molecule has 0 amide bonds. The SMILES string of the molecule is COc1ccc(Cl)cc1OC=O.Nc1ccccc1N.Oc1ccc(Cl)cc1C1=Nc2ccccc2C1. The third kappa shape index (κ3) is 7.64. The molecule has 190 valence electrons. The molecule has 0 radical (unpaired) electrons. The fourth-order valence-electron chi connectivity index (χ4n) is 3.33. The van der Waals surface area contributed by atoms with E-state index >= 15 is 0 Å². The van der Waals surface area contributed by atoms with Crippen LogP contribution in [0.1, 0.15) is 11.1 Å². The molecule has 0 saturated carbocycles. The van der Waals surface area contributed by atoms with Crippen molar-refractivity contribution in [3.8, 4) is 17.2 Å². The van der Waals surface area contributed by atoms with Crippen molar-refractivity contribution in [3.05, 3.63) is 106 Å². The van der Waals surface area contributed by atoms with Crippen LogP contribution in [-0.2, 0) is 11.2 Å². The second-order valence-corrected chi connectivity index (χ2v) is 8.54. The number of phenols is 1. The number of ether oxygens (including phenoxy) is 2. The van der Waals surface area contributed by atoms with Gasteiger partial charge in [0.1, 0.15) is 5.75 Å². The van der Waals surface area contributed by atoms with Gasteiger partial charge in [-0.1, -0.05) is 53.5 Å². The van der Waals surface area contributed by atoms with Gasteiger partial charge in [-0.15, -0.1) is 0 Å². The number of methoxy groups -OCH3 is 1. The predicted octanol–water partition coefficient (Wildman–Crippen LogP) is 6.46. The molecule has 9 heteroatoms. The van der Waals surface area contributed by atoms with Crippen molar-refractivity contribution in [2.45, 2.75) is 6.42 Å². The molecule has 0 aromatic heterocycles. The molecule has 4 aromatic rings. The maximum Gasteiger partial charge on any atom is 0.298 e. The van der Waals surface area contributed by atoms with E-state index in [1.54, 1.807) is 42.5 Å². The van der Waals surface area contributed by atoms with Gasteiger partial charge in [0.2, 0.25) is 0 Å². The molecule has 0 bridgehead atoms. The van der Waals surface area contributed by atoms with Crippen molar-refractivity contribution >= 4 is 52.4 Å². The van der Waals surface area contributed by atoms with E-state index in [-0.39, 0.29) is 5.75 Å². The maximum atomic E-state index is 10.0. The number of aromatic hydroxyl groups is 1. The average molecular weight is 538 g/mol. The van der Waals surface area contributed by atoms with Crippen LogP contribution in [0.2, 0.25) is 10.0 Å². The van der Waals surface area contributed by atoms with Gasteiger partial charge in [-0.25, -0.2) is 0 Å². The Bertz CT molecular complexity index is 1390. The number of para-hydroxylation sites is 3. The van der Waals surface area contributed by atoms with E-state index in [2.05, 4.69) is 9.73 Å². The molecule has 5 N–H and O–H groups in total. The van der Waals surface area contributed by atoms with Gasteiger partial charge in [0.25, 0.3) is 6.47 Å². The van der Waals surface area contributed by atoms with Gasteiger partial charge in [-0.2, -0.15) is 0 Å². The highest BCUT2D eigenvalue weighted by atomic mass is 35.5. The second-order valence-electron chi connectivity index (χ2n) is 7.66. The highest BCUT2D eigenvalue weighted by Gasteiger charge is 2.18. The third-order valence-corrected chi connectivity index (χ3v) is 5.64. The summed E-state index contributed by atoms with van der Waals surface area (Å²) in [4.78, 5) is 14.6. The summed E-state index contributed by atoms with van der Waals surface area (Å²) in [7, 11) is 1.49. The first-order chi connectivity index (χ1) is 17.8. The topological polar surface area (TPSA) is 120 Å². The third-order valence-electron chi connectivity index (χ3n) is 5.17. The summed E-state index contributed by atoms with van der Waals surface area (Å²) in [6, 6.07) is 25.0. The van der Waals surface area contributed by atoms with Crippen molar-refractivity contribution in [1.82, 2.24) is 0 Å². The number of halogens is 2. The van der Waals surface area contributed by atoms with Gasteiger partial charge >= 0.3 is 0 Å². The first kappa shape index (κ1) is 27.4. The van der Waals surface area contributed by atoms with Gasteiger partial charge in [-0.3, -0.25) is 9.79 Å². The summed E-state index contributed by atoms with van der Waals surface area (Å²) in [5.74, 6) is 1.02. The number of hydrogen-bond donors (Lipinski definition) is 3. The Morgan fingerprint density at radius 2 is 1.49 bits per heavy atom. The van der Waals surface area contributed by atoms with Crippen LogP contribution < -0.4 is 20.9 Å². The van der Waals surface area contributed by atoms with E-state index in [1.807, 2.05) is 36.4 Å². The minimum atomic E-state index is 0.223. The molecule has 4 aromatic carbocycles. The standard InChI is InChI=1S/C14H10ClNO.C8H7ClO3.C6H8N2/c15-10-5-6-14(17)11(8-10)13-7-9-3-1-2-4-12(9)16-13;1-11-7-3-2-6(9)4-8(7)12-5-10;7-5-3-1-2-4-6(5)8/h1-6,8,17H,7H2;2-5H,1H3;1-4H,7-8H2. The largest absolute Gasteiger partial charge is 0.507 e. The van der Waals surface area contributed by atoms with Crippen molar-refractivity contribution in [2.75, 3.05) is 18.6 Å². The molecule has 1 aliphatic heterocycles. The number of carbonyl (C=O) groups is 1. The lowest BCUT2D eigenvalue weighted by Crippen LogP contribution is -2.00. The Morgan fingerprint density at radius 3 is 2.11 bits per heavy atom. The number of nitrogens with two attached hydrogens (primary N) is 2. The number of anilines is 2. The number of aliphatic imine (C=N–C) groups is 1. The Kier molecular flexibility index (Phi) is 9.77. The average Bonchev–Trinajstić information content (AvgIpc) is 3.33. The van der Waals surface area contributed by atoms with Gasteiger partial charge in [-0.05, 0) is 54.1 Å². The first-order valence-electron chi connectivity index (χ1n) is 11.0. The summed E-state index contributed by atoms with van der Waals surface area (Å²) in [5.41, 5.74) is 15.8.